The van der Waals surface area contributed by atoms with Crippen LogP contribution in [-0.4, -0.2) is 28.7 Å². The number of hydrogen-bond donors (Lipinski definition) is 2. The second kappa shape index (κ2) is 6.70. The second-order valence-electron chi connectivity index (χ2n) is 3.47. The zero-order valence-electron chi connectivity index (χ0n) is 9.74. The Bertz CT molecular complexity index is 520. The van der Waals surface area contributed by atoms with Crippen molar-refractivity contribution in [3.05, 3.63) is 27.7 Å². The molecule has 0 heterocycles. The molecule has 0 radical (unpaired) electrons. The number of sulfonamides is 1. The molecule has 102 valence electrons. The third kappa shape index (κ3) is 3.81. The van der Waals surface area contributed by atoms with Crippen LogP contribution in [-0.2, 0) is 21.3 Å². The summed E-state index contributed by atoms with van der Waals surface area (Å²) >= 11 is 11.8. The number of benzene rings is 1. The summed E-state index contributed by atoms with van der Waals surface area (Å²) in [6.45, 7) is 0.529. The van der Waals surface area contributed by atoms with E-state index in [9.17, 15) is 8.42 Å². The summed E-state index contributed by atoms with van der Waals surface area (Å²) in [4.78, 5) is -0.0757. The van der Waals surface area contributed by atoms with E-state index in [0.717, 1.165) is 0 Å². The molecule has 5 nitrogen and oxygen atoms in total. The Labute approximate surface area is 116 Å². The lowest BCUT2D eigenvalue weighted by Gasteiger charge is -2.11. The minimum Gasteiger partial charge on any atom is -0.383 e. The second-order valence-corrected chi connectivity index (χ2v) is 6.02. The van der Waals surface area contributed by atoms with Crippen molar-refractivity contribution in [1.29, 1.82) is 0 Å². The molecule has 3 N–H and O–H groups in total. The van der Waals surface area contributed by atoms with Crippen LogP contribution < -0.4 is 10.5 Å². The fourth-order valence-corrected chi connectivity index (χ4v) is 3.27. The van der Waals surface area contributed by atoms with Gasteiger partial charge in [-0.3, -0.25) is 0 Å². The van der Waals surface area contributed by atoms with Crippen LogP contribution in [0.1, 0.15) is 5.56 Å². The summed E-state index contributed by atoms with van der Waals surface area (Å²) in [5.74, 6) is 0. The molecule has 8 heteroatoms. The van der Waals surface area contributed by atoms with Crippen molar-refractivity contribution in [3.8, 4) is 0 Å². The van der Waals surface area contributed by atoms with Crippen molar-refractivity contribution in [1.82, 2.24) is 4.72 Å². The van der Waals surface area contributed by atoms with Crippen molar-refractivity contribution in [2.75, 3.05) is 20.3 Å². The third-order valence-corrected chi connectivity index (χ3v) is 4.45. The van der Waals surface area contributed by atoms with Crippen LogP contribution in [0.3, 0.4) is 0 Å². The summed E-state index contributed by atoms with van der Waals surface area (Å²) in [6.07, 6.45) is 0. The normalized spacial score (nSPS) is 11.8. The average Bonchev–Trinajstić information content (AvgIpc) is 2.31. The number of nitrogens with one attached hydrogen (secondary N) is 1. The Morgan fingerprint density at radius 1 is 1.39 bits per heavy atom. The average molecular weight is 313 g/mol. The highest BCUT2D eigenvalue weighted by Gasteiger charge is 2.20. The van der Waals surface area contributed by atoms with E-state index in [1.165, 1.54) is 19.2 Å². The Hall–Kier alpha value is -0.370. The quantitative estimate of drug-likeness (QED) is 0.777. The first kappa shape index (κ1) is 15.7. The predicted octanol–water partition coefficient (Wildman–Crippen LogP) is 1.38. The van der Waals surface area contributed by atoms with Crippen LogP contribution in [0.15, 0.2) is 17.0 Å². The smallest absolute Gasteiger partial charge is 0.242 e. The number of rotatable bonds is 6. The Morgan fingerprint density at radius 2 is 2.06 bits per heavy atom. The fourth-order valence-electron chi connectivity index (χ4n) is 1.32. The lowest BCUT2D eigenvalue weighted by molar-refractivity contribution is 0.204. The van der Waals surface area contributed by atoms with Gasteiger partial charge in [-0.05, 0) is 17.7 Å². The van der Waals surface area contributed by atoms with E-state index < -0.39 is 10.0 Å². The van der Waals surface area contributed by atoms with Gasteiger partial charge in [0.05, 0.1) is 11.6 Å². The van der Waals surface area contributed by atoms with E-state index in [4.69, 9.17) is 33.7 Å². The lowest BCUT2D eigenvalue weighted by atomic mass is 10.2. The highest BCUT2D eigenvalue weighted by atomic mass is 35.5. The van der Waals surface area contributed by atoms with Crippen LogP contribution in [0.25, 0.3) is 0 Å². The zero-order valence-corrected chi connectivity index (χ0v) is 12.1. The SMILES string of the molecule is COCCNS(=O)(=O)c1cc(Cl)cc(CN)c1Cl. The number of halogens is 2. The molecule has 0 aliphatic rings. The molecule has 1 aromatic carbocycles. The first-order valence-corrected chi connectivity index (χ1v) is 7.33. The molecule has 0 fully saturated rings. The zero-order chi connectivity index (χ0) is 13.8. The molecule has 18 heavy (non-hydrogen) atoms. The Morgan fingerprint density at radius 3 is 2.61 bits per heavy atom. The molecule has 0 bridgehead atoms. The van der Waals surface area contributed by atoms with E-state index in [2.05, 4.69) is 4.72 Å². The van der Waals surface area contributed by atoms with Crippen molar-refractivity contribution in [2.24, 2.45) is 5.73 Å². The summed E-state index contributed by atoms with van der Waals surface area (Å²) in [5.41, 5.74) is 5.96. The van der Waals surface area contributed by atoms with Crippen LogP contribution in [0, 0.1) is 0 Å². The van der Waals surface area contributed by atoms with Gasteiger partial charge in [-0.15, -0.1) is 0 Å². The third-order valence-electron chi connectivity index (χ3n) is 2.19. The molecule has 0 saturated carbocycles. The van der Waals surface area contributed by atoms with E-state index >= 15 is 0 Å². The summed E-state index contributed by atoms with van der Waals surface area (Å²) in [6, 6.07) is 2.83. The molecule has 0 unspecified atom stereocenters. The lowest BCUT2D eigenvalue weighted by Crippen LogP contribution is -2.27. The monoisotopic (exact) mass is 312 g/mol. The molecule has 0 amide bonds. The standard InChI is InChI=1S/C10H14Cl2N2O3S/c1-17-3-2-14-18(15,16)9-5-8(11)4-7(6-13)10(9)12/h4-5,14H,2-3,6,13H2,1H3. The molecule has 0 spiro atoms. The first-order valence-electron chi connectivity index (χ1n) is 5.09. The van der Waals surface area contributed by atoms with Crippen LogP contribution in [0.4, 0.5) is 0 Å². The van der Waals surface area contributed by atoms with Crippen LogP contribution in [0.5, 0.6) is 0 Å². The topological polar surface area (TPSA) is 81.4 Å². The largest absolute Gasteiger partial charge is 0.383 e. The summed E-state index contributed by atoms with van der Waals surface area (Å²) < 4.78 is 31.1. The van der Waals surface area contributed by atoms with Gasteiger partial charge in [-0.2, -0.15) is 0 Å². The molecular formula is C10H14Cl2N2O3S. The molecule has 0 atom stereocenters. The molecule has 0 aliphatic carbocycles. The van der Waals surface area contributed by atoms with Crippen molar-refractivity contribution in [3.63, 3.8) is 0 Å². The Balaban J connectivity index is 3.12. The highest BCUT2D eigenvalue weighted by molar-refractivity contribution is 7.89. The van der Waals surface area contributed by atoms with Gasteiger partial charge in [0.25, 0.3) is 0 Å². The number of ether oxygens (including phenoxy) is 1. The maximum absolute atomic E-state index is 12.0. The molecule has 1 aromatic rings. The van der Waals surface area contributed by atoms with Crippen LogP contribution >= 0.6 is 23.2 Å². The highest BCUT2D eigenvalue weighted by Crippen LogP contribution is 2.29. The van der Waals surface area contributed by atoms with Crippen molar-refractivity contribution in [2.45, 2.75) is 11.4 Å². The van der Waals surface area contributed by atoms with Gasteiger partial charge >= 0.3 is 0 Å². The van der Waals surface area contributed by atoms with Gasteiger partial charge in [-0.25, -0.2) is 13.1 Å². The first-order chi connectivity index (χ1) is 8.42. The predicted molar refractivity (Wildman–Crippen MR) is 71.4 cm³/mol. The van der Waals surface area contributed by atoms with Gasteiger partial charge in [0.1, 0.15) is 4.90 Å². The molecule has 0 saturated heterocycles. The molecular weight excluding hydrogens is 299 g/mol. The number of methoxy groups -OCH3 is 1. The van der Waals surface area contributed by atoms with Gasteiger partial charge in [0.15, 0.2) is 0 Å². The molecule has 0 aromatic heterocycles. The van der Waals surface area contributed by atoms with E-state index in [-0.39, 0.29) is 34.6 Å². The fraction of sp³-hybridized carbons (Fsp3) is 0.400. The van der Waals surface area contributed by atoms with E-state index in [1.807, 2.05) is 0 Å². The summed E-state index contributed by atoms with van der Waals surface area (Å²) in [5, 5.41) is 0.360. The minimum absolute atomic E-state index is 0.0757. The van der Waals surface area contributed by atoms with Crippen molar-refractivity contribution >= 4 is 33.2 Å². The Kier molecular flexibility index (Phi) is 5.84. The van der Waals surface area contributed by atoms with Gasteiger partial charge < -0.3 is 10.5 Å². The maximum Gasteiger partial charge on any atom is 0.242 e. The van der Waals surface area contributed by atoms with E-state index in [1.54, 1.807) is 0 Å². The number of nitrogens with two attached hydrogens (primary N) is 1. The molecule has 1 rings (SSSR count). The number of hydrogen-bond acceptors (Lipinski definition) is 4. The summed E-state index contributed by atoms with van der Waals surface area (Å²) in [7, 11) is -2.24. The van der Waals surface area contributed by atoms with Crippen LogP contribution in [0.2, 0.25) is 10.0 Å². The van der Waals surface area contributed by atoms with Gasteiger partial charge in [0, 0.05) is 25.2 Å². The van der Waals surface area contributed by atoms with Gasteiger partial charge in [0.2, 0.25) is 10.0 Å². The maximum atomic E-state index is 12.0. The van der Waals surface area contributed by atoms with Gasteiger partial charge in [-0.1, -0.05) is 23.2 Å². The molecule has 0 aliphatic heterocycles. The minimum atomic E-state index is -3.72. The van der Waals surface area contributed by atoms with Crippen molar-refractivity contribution < 1.29 is 13.2 Å². The van der Waals surface area contributed by atoms with E-state index in [0.29, 0.717) is 5.56 Å².